The number of rotatable bonds is 11. The van der Waals surface area contributed by atoms with Crippen LogP contribution in [0.1, 0.15) is 24.8 Å². The van der Waals surface area contributed by atoms with Gasteiger partial charge in [-0.25, -0.2) is 4.98 Å². The summed E-state index contributed by atoms with van der Waals surface area (Å²) in [5, 5.41) is 9.66. The fourth-order valence-electron chi connectivity index (χ4n) is 3.42. The number of hydrogen-bond acceptors (Lipinski definition) is 8. The van der Waals surface area contributed by atoms with Gasteiger partial charge in [-0.2, -0.15) is 4.98 Å². The van der Waals surface area contributed by atoms with Crippen LogP contribution in [-0.4, -0.2) is 68.2 Å². The Morgan fingerprint density at radius 2 is 2.00 bits per heavy atom. The molecule has 1 saturated carbocycles. The third-order valence-corrected chi connectivity index (χ3v) is 5.72. The van der Waals surface area contributed by atoms with Crippen molar-refractivity contribution in [2.75, 3.05) is 62.2 Å². The number of methoxy groups -OCH3 is 1. The number of anilines is 5. The van der Waals surface area contributed by atoms with Gasteiger partial charge in [0.1, 0.15) is 11.6 Å². The fraction of sp³-hybridized carbons (Fsp3) is 0.458. The molecule has 178 valence electrons. The van der Waals surface area contributed by atoms with E-state index in [-0.39, 0.29) is 5.91 Å². The third kappa shape index (κ3) is 6.35. The summed E-state index contributed by atoms with van der Waals surface area (Å²) in [5.74, 6) is 1.62. The lowest BCUT2D eigenvalue weighted by Gasteiger charge is -2.27. The van der Waals surface area contributed by atoms with Crippen LogP contribution < -0.4 is 25.6 Å². The first kappa shape index (κ1) is 24.3. The van der Waals surface area contributed by atoms with Crippen LogP contribution in [0.25, 0.3) is 0 Å². The highest BCUT2D eigenvalue weighted by Crippen LogP contribution is 2.38. The molecule has 0 aliphatic heterocycles. The maximum atomic E-state index is 12.1. The van der Waals surface area contributed by atoms with Crippen LogP contribution in [-0.2, 0) is 4.79 Å². The summed E-state index contributed by atoms with van der Waals surface area (Å²) in [5.41, 5.74) is 3.13. The van der Waals surface area contributed by atoms with E-state index >= 15 is 0 Å². The predicted octanol–water partition coefficient (Wildman–Crippen LogP) is 3.62. The second kappa shape index (κ2) is 11.0. The van der Waals surface area contributed by atoms with Crippen molar-refractivity contribution in [2.24, 2.45) is 0 Å². The number of hydrogen-bond donors (Lipinski definition) is 3. The average Bonchev–Trinajstić information content (AvgIpc) is 2.76. The van der Waals surface area contributed by atoms with Gasteiger partial charge in [0.15, 0.2) is 0 Å². The van der Waals surface area contributed by atoms with Crippen molar-refractivity contribution in [3.05, 3.63) is 36.5 Å². The number of benzene rings is 1. The molecule has 0 bridgehead atoms. The first-order chi connectivity index (χ1) is 15.8. The molecule has 3 rings (SSSR count). The largest absolute Gasteiger partial charge is 0.494 e. The molecule has 9 heteroatoms. The number of aromatic nitrogens is 2. The summed E-state index contributed by atoms with van der Waals surface area (Å²) in [7, 11) is 7.65. The Bertz CT molecular complexity index is 989. The van der Waals surface area contributed by atoms with E-state index < -0.39 is 0 Å². The van der Waals surface area contributed by atoms with Crippen molar-refractivity contribution in [1.82, 2.24) is 14.9 Å². The van der Waals surface area contributed by atoms with Gasteiger partial charge in [0, 0.05) is 44.0 Å². The van der Waals surface area contributed by atoms with E-state index in [0.29, 0.717) is 29.1 Å². The molecular formula is C24H35N7O2. The highest BCUT2D eigenvalue weighted by Gasteiger charge is 2.20. The molecule has 1 aliphatic carbocycles. The Kier molecular flexibility index (Phi) is 8.11. The molecule has 1 aromatic heterocycles. The molecule has 2 aromatic rings. The van der Waals surface area contributed by atoms with E-state index in [9.17, 15) is 4.79 Å². The first-order valence-electron chi connectivity index (χ1n) is 11.2. The molecule has 0 radical (unpaired) electrons. The van der Waals surface area contributed by atoms with Crippen LogP contribution in [0.2, 0.25) is 0 Å². The number of nitrogens with one attached hydrogen (secondary N) is 3. The molecule has 0 saturated heterocycles. The van der Waals surface area contributed by atoms with Gasteiger partial charge in [0.2, 0.25) is 11.9 Å². The lowest BCUT2D eigenvalue weighted by atomic mass is 9.93. The number of aryl methyl sites for hydroxylation is 1. The maximum Gasteiger partial charge on any atom is 0.247 e. The highest BCUT2D eigenvalue weighted by molar-refractivity contribution is 6.02. The Morgan fingerprint density at radius 3 is 2.61 bits per heavy atom. The van der Waals surface area contributed by atoms with Crippen molar-refractivity contribution >= 4 is 34.7 Å². The number of carbonyl (C=O) groups excluding carboxylic acids is 1. The molecule has 9 nitrogen and oxygen atoms in total. The van der Waals surface area contributed by atoms with E-state index in [1.54, 1.807) is 13.3 Å². The Hall–Kier alpha value is -3.33. The molecular weight excluding hydrogens is 418 g/mol. The summed E-state index contributed by atoms with van der Waals surface area (Å²) < 4.78 is 5.66. The van der Waals surface area contributed by atoms with Gasteiger partial charge < -0.3 is 30.5 Å². The molecule has 1 aromatic carbocycles. The number of nitrogens with zero attached hydrogens (tertiary/aromatic N) is 4. The minimum Gasteiger partial charge on any atom is -0.494 e. The van der Waals surface area contributed by atoms with Crippen LogP contribution in [0.15, 0.2) is 31.0 Å². The third-order valence-electron chi connectivity index (χ3n) is 5.72. The van der Waals surface area contributed by atoms with Gasteiger partial charge >= 0.3 is 0 Å². The first-order valence-corrected chi connectivity index (χ1v) is 11.2. The van der Waals surface area contributed by atoms with E-state index in [2.05, 4.69) is 42.3 Å². The molecule has 1 heterocycles. The minimum absolute atomic E-state index is 0.285. The molecule has 3 N–H and O–H groups in total. The molecule has 1 amide bonds. The summed E-state index contributed by atoms with van der Waals surface area (Å²) in [6, 6.07) is 4.21. The van der Waals surface area contributed by atoms with Crippen molar-refractivity contribution in [3.8, 4) is 5.75 Å². The Morgan fingerprint density at radius 1 is 1.24 bits per heavy atom. The van der Waals surface area contributed by atoms with Crippen molar-refractivity contribution < 1.29 is 9.53 Å². The van der Waals surface area contributed by atoms with Gasteiger partial charge in [-0.15, -0.1) is 0 Å². The normalized spacial score (nSPS) is 13.3. The van der Waals surface area contributed by atoms with Crippen LogP contribution in [0.4, 0.5) is 28.8 Å². The van der Waals surface area contributed by atoms with Crippen LogP contribution >= 0.6 is 0 Å². The lowest BCUT2D eigenvalue weighted by molar-refractivity contribution is -0.111. The van der Waals surface area contributed by atoms with Crippen LogP contribution in [0.5, 0.6) is 5.75 Å². The molecule has 0 spiro atoms. The van der Waals surface area contributed by atoms with Crippen molar-refractivity contribution in [3.63, 3.8) is 0 Å². The second-order valence-electron chi connectivity index (χ2n) is 8.61. The zero-order valence-electron chi connectivity index (χ0n) is 20.2. The quantitative estimate of drug-likeness (QED) is 0.444. The Balaban J connectivity index is 1.92. The van der Waals surface area contributed by atoms with Crippen molar-refractivity contribution in [1.29, 1.82) is 0 Å². The van der Waals surface area contributed by atoms with Crippen LogP contribution in [0.3, 0.4) is 0 Å². The number of ether oxygens (including phenoxy) is 1. The zero-order valence-corrected chi connectivity index (χ0v) is 20.2. The molecule has 0 atom stereocenters. The van der Waals surface area contributed by atoms with Crippen molar-refractivity contribution in [2.45, 2.75) is 32.2 Å². The fourth-order valence-corrected chi connectivity index (χ4v) is 3.42. The topological polar surface area (TPSA) is 94.6 Å². The van der Waals surface area contributed by atoms with Crippen LogP contribution in [0, 0.1) is 6.92 Å². The van der Waals surface area contributed by atoms with E-state index in [1.165, 1.54) is 12.5 Å². The van der Waals surface area contributed by atoms with Gasteiger partial charge in [0.05, 0.1) is 24.2 Å². The monoisotopic (exact) mass is 453 g/mol. The summed E-state index contributed by atoms with van der Waals surface area (Å²) >= 11 is 0. The SMILES string of the molecule is C=CC(=O)Nc1cc(Nc2ncc(C)c(NC3CCC3)n2)c(OC)cc1N(C)CCN(C)C. The molecule has 1 fully saturated rings. The Labute approximate surface area is 196 Å². The zero-order chi connectivity index (χ0) is 24.0. The molecule has 0 unspecified atom stereocenters. The maximum absolute atomic E-state index is 12.1. The molecule has 1 aliphatic rings. The minimum atomic E-state index is -0.285. The average molecular weight is 454 g/mol. The van der Waals surface area contributed by atoms with Gasteiger partial charge in [-0.3, -0.25) is 4.79 Å². The molecule has 33 heavy (non-hydrogen) atoms. The predicted molar refractivity (Wildman–Crippen MR) is 135 cm³/mol. The summed E-state index contributed by atoms with van der Waals surface area (Å²) in [4.78, 5) is 25.4. The number of amides is 1. The lowest BCUT2D eigenvalue weighted by Crippen LogP contribution is -2.29. The number of likely N-dealkylation sites (N-methyl/N-ethyl adjacent to an activating group) is 2. The highest BCUT2D eigenvalue weighted by atomic mass is 16.5. The van der Waals surface area contributed by atoms with Gasteiger partial charge in [-0.05, 0) is 52.4 Å². The van der Waals surface area contributed by atoms with E-state index in [0.717, 1.165) is 43.0 Å². The van der Waals surface area contributed by atoms with Gasteiger partial charge in [-0.1, -0.05) is 6.58 Å². The van der Waals surface area contributed by atoms with Gasteiger partial charge in [0.25, 0.3) is 0 Å². The summed E-state index contributed by atoms with van der Waals surface area (Å²) in [6.45, 7) is 7.20. The van der Waals surface area contributed by atoms with E-state index in [1.807, 2.05) is 40.2 Å². The van der Waals surface area contributed by atoms with E-state index in [4.69, 9.17) is 4.74 Å². The standard InChI is InChI=1S/C24H35N7O2/c1-7-22(32)27-18-13-19(21(33-6)14-20(18)31(5)12-11-30(3)4)28-24-25-15-16(2)23(29-24)26-17-9-8-10-17/h7,13-15,17H,1,8-12H2,2-6H3,(H,27,32)(H2,25,26,28,29). The number of carbonyl (C=O) groups is 1. The second-order valence-corrected chi connectivity index (χ2v) is 8.61. The smallest absolute Gasteiger partial charge is 0.247 e. The summed E-state index contributed by atoms with van der Waals surface area (Å²) in [6.07, 6.45) is 6.62.